The Balaban J connectivity index is 2.81. The molecule has 1 N–H and O–H groups in total. The lowest BCUT2D eigenvalue weighted by molar-refractivity contribution is -0.0170. The van der Waals surface area contributed by atoms with Crippen molar-refractivity contribution < 1.29 is 14.6 Å². The molecule has 15 heavy (non-hydrogen) atoms. The highest BCUT2D eigenvalue weighted by Gasteiger charge is 2.15. The van der Waals surface area contributed by atoms with Gasteiger partial charge in [-0.05, 0) is 20.8 Å². The molecule has 0 fully saturated rings. The van der Waals surface area contributed by atoms with Gasteiger partial charge in [-0.2, -0.15) is 0 Å². The molecule has 0 aromatic carbocycles. The normalized spacial score (nSPS) is 11.4. The molecule has 5 heteroatoms. The van der Waals surface area contributed by atoms with E-state index in [1.54, 1.807) is 0 Å². The summed E-state index contributed by atoms with van der Waals surface area (Å²) in [5.74, 6) is -1.04. The quantitative estimate of drug-likeness (QED) is 0.818. The minimum atomic E-state index is -1.04. The highest BCUT2D eigenvalue weighted by atomic mass is 16.5. The van der Waals surface area contributed by atoms with Gasteiger partial charge >= 0.3 is 5.97 Å². The van der Waals surface area contributed by atoms with Crippen molar-refractivity contribution in [1.82, 2.24) is 9.97 Å². The van der Waals surface area contributed by atoms with Gasteiger partial charge < -0.3 is 9.84 Å². The fourth-order valence-corrected chi connectivity index (χ4v) is 0.933. The van der Waals surface area contributed by atoms with Gasteiger partial charge in [-0.3, -0.25) is 0 Å². The lowest BCUT2D eigenvalue weighted by atomic mass is 10.2. The molecule has 0 saturated carbocycles. The number of nitrogens with zero attached hydrogens (tertiary/aromatic N) is 2. The Morgan fingerprint density at radius 1 is 1.53 bits per heavy atom. The lowest BCUT2D eigenvalue weighted by Crippen LogP contribution is -2.20. The van der Waals surface area contributed by atoms with Crippen molar-refractivity contribution in [1.29, 1.82) is 0 Å². The van der Waals surface area contributed by atoms with E-state index < -0.39 is 5.97 Å². The molecule has 0 amide bonds. The van der Waals surface area contributed by atoms with Gasteiger partial charge in [-0.1, -0.05) is 0 Å². The first-order valence-corrected chi connectivity index (χ1v) is 4.56. The molecule has 0 saturated heterocycles. The average molecular weight is 210 g/mol. The summed E-state index contributed by atoms with van der Waals surface area (Å²) >= 11 is 0. The van der Waals surface area contributed by atoms with Crippen molar-refractivity contribution in [2.24, 2.45) is 0 Å². The van der Waals surface area contributed by atoms with Crippen LogP contribution in [0.4, 0.5) is 0 Å². The van der Waals surface area contributed by atoms with Gasteiger partial charge in [0.25, 0.3) is 0 Å². The Kier molecular flexibility index (Phi) is 3.36. The van der Waals surface area contributed by atoms with Crippen molar-refractivity contribution in [3.05, 3.63) is 23.8 Å². The first-order valence-electron chi connectivity index (χ1n) is 4.56. The third-order valence-corrected chi connectivity index (χ3v) is 1.67. The first kappa shape index (κ1) is 11.6. The molecule has 0 atom stereocenters. The Hall–Kier alpha value is -1.49. The molecule has 0 aliphatic carbocycles. The molecular formula is C10H14N2O3. The van der Waals surface area contributed by atoms with Crippen LogP contribution < -0.4 is 0 Å². The highest BCUT2D eigenvalue weighted by molar-refractivity contribution is 5.88. The van der Waals surface area contributed by atoms with Crippen molar-refractivity contribution in [2.75, 3.05) is 0 Å². The fourth-order valence-electron chi connectivity index (χ4n) is 0.933. The van der Waals surface area contributed by atoms with Crippen molar-refractivity contribution in [3.63, 3.8) is 0 Å². The predicted molar refractivity (Wildman–Crippen MR) is 53.5 cm³/mol. The SMILES string of the molecule is CC(C)(C)OCc1ncncc1C(=O)O. The summed E-state index contributed by atoms with van der Waals surface area (Å²) in [6, 6.07) is 0. The van der Waals surface area contributed by atoms with Crippen molar-refractivity contribution in [3.8, 4) is 0 Å². The van der Waals surface area contributed by atoms with Crippen LogP contribution in [-0.4, -0.2) is 26.6 Å². The van der Waals surface area contributed by atoms with Crippen LogP contribution in [0.25, 0.3) is 0 Å². The smallest absolute Gasteiger partial charge is 0.339 e. The zero-order valence-electron chi connectivity index (χ0n) is 9.02. The Bertz CT molecular complexity index is 358. The summed E-state index contributed by atoms with van der Waals surface area (Å²) in [4.78, 5) is 18.4. The third-order valence-electron chi connectivity index (χ3n) is 1.67. The number of carboxylic acid groups (broad SMARTS) is 1. The monoisotopic (exact) mass is 210 g/mol. The van der Waals surface area contributed by atoms with Crippen LogP contribution in [0, 0.1) is 0 Å². The molecule has 82 valence electrons. The number of hydrogen-bond acceptors (Lipinski definition) is 4. The molecule has 0 unspecified atom stereocenters. The molecule has 1 aromatic rings. The summed E-state index contributed by atoms with van der Waals surface area (Å²) in [5, 5.41) is 8.86. The van der Waals surface area contributed by atoms with E-state index in [1.807, 2.05) is 20.8 Å². The third kappa shape index (κ3) is 3.63. The summed E-state index contributed by atoms with van der Waals surface area (Å²) in [7, 11) is 0. The molecular weight excluding hydrogens is 196 g/mol. The van der Waals surface area contributed by atoms with Gasteiger partial charge in [0.1, 0.15) is 11.9 Å². The van der Waals surface area contributed by atoms with E-state index in [9.17, 15) is 4.79 Å². The maximum atomic E-state index is 10.8. The van der Waals surface area contributed by atoms with Gasteiger partial charge in [-0.15, -0.1) is 0 Å². The standard InChI is InChI=1S/C10H14N2O3/c1-10(2,3)15-5-8-7(9(13)14)4-11-6-12-8/h4,6H,5H2,1-3H3,(H,13,14). The number of aromatic nitrogens is 2. The molecule has 1 aromatic heterocycles. The second kappa shape index (κ2) is 4.35. The van der Waals surface area contributed by atoms with Crippen LogP contribution in [0.15, 0.2) is 12.5 Å². The van der Waals surface area contributed by atoms with Gasteiger partial charge in [0, 0.05) is 6.20 Å². The summed E-state index contributed by atoms with van der Waals surface area (Å²) < 4.78 is 5.45. The predicted octanol–water partition coefficient (Wildman–Crippen LogP) is 1.49. The second-order valence-electron chi connectivity index (χ2n) is 4.09. The Labute approximate surface area is 88.1 Å². The van der Waals surface area contributed by atoms with Crippen molar-refractivity contribution in [2.45, 2.75) is 33.0 Å². The van der Waals surface area contributed by atoms with Crippen LogP contribution in [0.5, 0.6) is 0 Å². The number of carboxylic acids is 1. The Morgan fingerprint density at radius 3 is 2.73 bits per heavy atom. The summed E-state index contributed by atoms with van der Waals surface area (Å²) in [5.41, 5.74) is 0.162. The van der Waals surface area contributed by atoms with Crippen LogP contribution >= 0.6 is 0 Å². The van der Waals surface area contributed by atoms with E-state index in [4.69, 9.17) is 9.84 Å². The van der Waals surface area contributed by atoms with Gasteiger partial charge in [0.05, 0.1) is 17.9 Å². The number of rotatable bonds is 3. The molecule has 0 aliphatic rings. The number of hydrogen-bond donors (Lipinski definition) is 1. The Morgan fingerprint density at radius 2 is 2.20 bits per heavy atom. The van der Waals surface area contributed by atoms with Crippen LogP contribution in [0.2, 0.25) is 0 Å². The molecule has 1 heterocycles. The second-order valence-corrected chi connectivity index (χ2v) is 4.09. The van der Waals surface area contributed by atoms with E-state index in [-0.39, 0.29) is 17.8 Å². The molecule has 1 rings (SSSR count). The van der Waals surface area contributed by atoms with E-state index in [0.29, 0.717) is 5.69 Å². The van der Waals surface area contributed by atoms with Crippen LogP contribution in [-0.2, 0) is 11.3 Å². The van der Waals surface area contributed by atoms with E-state index in [1.165, 1.54) is 12.5 Å². The fraction of sp³-hybridized carbons (Fsp3) is 0.500. The maximum absolute atomic E-state index is 10.8. The van der Waals surface area contributed by atoms with Gasteiger partial charge in [0.2, 0.25) is 0 Å². The summed E-state index contributed by atoms with van der Waals surface area (Å²) in [6.07, 6.45) is 2.59. The number of aromatic carboxylic acids is 1. The first-order chi connectivity index (χ1) is 6.90. The largest absolute Gasteiger partial charge is 0.478 e. The van der Waals surface area contributed by atoms with E-state index in [2.05, 4.69) is 9.97 Å². The number of carbonyl (C=O) groups is 1. The van der Waals surface area contributed by atoms with E-state index >= 15 is 0 Å². The van der Waals surface area contributed by atoms with Crippen LogP contribution in [0.1, 0.15) is 36.8 Å². The molecule has 0 aliphatic heterocycles. The van der Waals surface area contributed by atoms with Crippen LogP contribution in [0.3, 0.4) is 0 Å². The molecule has 0 spiro atoms. The van der Waals surface area contributed by atoms with Crippen molar-refractivity contribution >= 4 is 5.97 Å². The molecule has 0 radical (unpaired) electrons. The number of ether oxygens (including phenoxy) is 1. The zero-order valence-corrected chi connectivity index (χ0v) is 9.02. The topological polar surface area (TPSA) is 72.3 Å². The average Bonchev–Trinajstić information content (AvgIpc) is 2.14. The van der Waals surface area contributed by atoms with Gasteiger partial charge in [0.15, 0.2) is 0 Å². The minimum absolute atomic E-state index is 0.0850. The molecule has 0 bridgehead atoms. The zero-order chi connectivity index (χ0) is 11.5. The van der Waals surface area contributed by atoms with Gasteiger partial charge in [-0.25, -0.2) is 14.8 Å². The lowest BCUT2D eigenvalue weighted by Gasteiger charge is -2.19. The molecule has 5 nitrogen and oxygen atoms in total. The van der Waals surface area contributed by atoms with E-state index in [0.717, 1.165) is 0 Å². The highest BCUT2D eigenvalue weighted by Crippen LogP contribution is 2.12. The minimum Gasteiger partial charge on any atom is -0.478 e. The summed E-state index contributed by atoms with van der Waals surface area (Å²) in [6.45, 7) is 5.87. The maximum Gasteiger partial charge on any atom is 0.339 e.